The number of aliphatic carboxylic acids is 1. The molecule has 4 rings (SSSR count). The second-order valence-electron chi connectivity index (χ2n) is 8.89. The highest BCUT2D eigenvalue weighted by atomic mass is 16.5. The smallest absolute Gasteiger partial charge is 0.300 e. The normalized spacial score (nSPS) is 10.9. The molecule has 7 N–H and O–H groups in total. The van der Waals surface area contributed by atoms with Crippen molar-refractivity contribution in [2.75, 3.05) is 19.0 Å². The first-order chi connectivity index (χ1) is 19.8. The van der Waals surface area contributed by atoms with Crippen LogP contribution in [0.2, 0.25) is 0 Å². The minimum Gasteiger partial charge on any atom is -0.493 e. The lowest BCUT2D eigenvalue weighted by Gasteiger charge is -2.21. The zero-order valence-corrected chi connectivity index (χ0v) is 22.9. The highest BCUT2D eigenvalue weighted by Crippen LogP contribution is 2.32. The summed E-state index contributed by atoms with van der Waals surface area (Å²) in [4.78, 5) is 29.4. The van der Waals surface area contributed by atoms with Crippen molar-refractivity contribution in [3.8, 4) is 11.5 Å². The van der Waals surface area contributed by atoms with Gasteiger partial charge in [0.2, 0.25) is 5.91 Å². The van der Waals surface area contributed by atoms with Gasteiger partial charge in [0, 0.05) is 43.0 Å². The third-order valence-corrected chi connectivity index (χ3v) is 5.78. The molecule has 0 spiro atoms. The molecule has 0 radical (unpaired) electrons. The molecule has 11 nitrogen and oxygen atoms in total. The van der Waals surface area contributed by atoms with Gasteiger partial charge in [0.15, 0.2) is 11.5 Å². The van der Waals surface area contributed by atoms with Crippen molar-refractivity contribution in [3.63, 3.8) is 0 Å². The molecule has 0 saturated heterocycles. The highest BCUT2D eigenvalue weighted by molar-refractivity contribution is 5.95. The average molecular weight is 559 g/mol. The SMILES string of the molecule is CC(=O)O.COc1cc(C(Nc2ccc(C(=N)N)cc2)C(=O)NCCc2cnc[nH]2)ccc1OCc1ccccc1. The number of amidine groups is 1. The van der Waals surface area contributed by atoms with Crippen LogP contribution in [0.5, 0.6) is 11.5 Å². The van der Waals surface area contributed by atoms with Crippen molar-refractivity contribution < 1.29 is 24.2 Å². The maximum Gasteiger partial charge on any atom is 0.300 e. The predicted molar refractivity (Wildman–Crippen MR) is 156 cm³/mol. The second kappa shape index (κ2) is 15.3. The molecule has 214 valence electrons. The van der Waals surface area contributed by atoms with Crippen LogP contribution in [0.15, 0.2) is 85.3 Å². The molecule has 0 aliphatic rings. The number of carboxylic acids is 1. The number of amides is 1. The van der Waals surface area contributed by atoms with E-state index >= 15 is 0 Å². The largest absolute Gasteiger partial charge is 0.493 e. The minimum absolute atomic E-state index is 0.0181. The number of hydrogen-bond donors (Lipinski definition) is 6. The third-order valence-electron chi connectivity index (χ3n) is 5.78. The summed E-state index contributed by atoms with van der Waals surface area (Å²) in [6.07, 6.45) is 3.97. The number of nitrogen functional groups attached to an aromatic ring is 1. The van der Waals surface area contributed by atoms with Crippen LogP contribution in [0.4, 0.5) is 5.69 Å². The fourth-order valence-corrected chi connectivity index (χ4v) is 3.78. The van der Waals surface area contributed by atoms with Crippen molar-refractivity contribution in [1.29, 1.82) is 5.41 Å². The molecule has 0 bridgehead atoms. The van der Waals surface area contributed by atoms with Crippen molar-refractivity contribution in [2.24, 2.45) is 5.73 Å². The zero-order valence-electron chi connectivity index (χ0n) is 22.9. The average Bonchev–Trinajstić information content (AvgIpc) is 3.49. The van der Waals surface area contributed by atoms with Crippen molar-refractivity contribution >= 4 is 23.4 Å². The molecule has 11 heteroatoms. The van der Waals surface area contributed by atoms with E-state index in [4.69, 9.17) is 30.5 Å². The van der Waals surface area contributed by atoms with Gasteiger partial charge in [-0.15, -0.1) is 0 Å². The second-order valence-corrected chi connectivity index (χ2v) is 8.89. The molecule has 0 aliphatic carbocycles. The molecular formula is C30H34N6O5. The maximum absolute atomic E-state index is 13.3. The molecule has 0 fully saturated rings. The van der Waals surface area contributed by atoms with E-state index in [9.17, 15) is 4.79 Å². The summed E-state index contributed by atoms with van der Waals surface area (Å²) in [5.74, 6) is 0.0578. The number of carboxylic acid groups (broad SMARTS) is 1. The lowest BCUT2D eigenvalue weighted by Crippen LogP contribution is -2.34. The molecule has 0 saturated carbocycles. The number of aromatic amines is 1. The monoisotopic (exact) mass is 558 g/mol. The maximum atomic E-state index is 13.3. The van der Waals surface area contributed by atoms with E-state index in [1.165, 1.54) is 0 Å². The number of H-pyrrole nitrogens is 1. The van der Waals surface area contributed by atoms with Gasteiger partial charge in [0.25, 0.3) is 5.97 Å². The van der Waals surface area contributed by atoms with Gasteiger partial charge in [-0.2, -0.15) is 0 Å². The minimum atomic E-state index is -0.833. The number of anilines is 1. The number of benzene rings is 3. The standard InChI is InChI=1S/C28H30N6O3.C2H4O2/c1-36-25-15-21(9-12-24(25)37-17-19-5-3-2-4-6-19)26(28(35)32-14-13-23-16-31-18-33-23)34-22-10-7-20(8-11-22)27(29)30;1-2(3)4/h2-12,15-16,18,26,34H,13-14,17H2,1H3,(H3,29,30)(H,31,33)(H,32,35);1H3,(H,3,4). The molecule has 1 atom stereocenters. The van der Waals surface area contributed by atoms with Crippen LogP contribution < -0.4 is 25.8 Å². The van der Waals surface area contributed by atoms with Gasteiger partial charge in [-0.25, -0.2) is 4.98 Å². The van der Waals surface area contributed by atoms with E-state index in [0.29, 0.717) is 47.9 Å². The highest BCUT2D eigenvalue weighted by Gasteiger charge is 2.22. The Morgan fingerprint density at radius 3 is 2.39 bits per heavy atom. The van der Waals surface area contributed by atoms with Crippen LogP contribution in [0.25, 0.3) is 0 Å². The molecular weight excluding hydrogens is 524 g/mol. The van der Waals surface area contributed by atoms with E-state index in [1.807, 2.05) is 42.5 Å². The van der Waals surface area contributed by atoms with Gasteiger partial charge in [-0.05, 0) is 47.5 Å². The van der Waals surface area contributed by atoms with Crippen LogP contribution >= 0.6 is 0 Å². The topological polar surface area (TPSA) is 175 Å². The fourth-order valence-electron chi connectivity index (χ4n) is 3.78. The Hall–Kier alpha value is -5.32. The molecule has 1 aromatic heterocycles. The summed E-state index contributed by atoms with van der Waals surface area (Å²) in [5.41, 5.74) is 9.57. The first-order valence-electron chi connectivity index (χ1n) is 12.8. The first kappa shape index (κ1) is 30.2. The van der Waals surface area contributed by atoms with Crippen molar-refractivity contribution in [2.45, 2.75) is 26.0 Å². The first-order valence-corrected chi connectivity index (χ1v) is 12.8. The molecule has 3 aromatic carbocycles. The Kier molecular flexibility index (Phi) is 11.3. The summed E-state index contributed by atoms with van der Waals surface area (Å²) in [7, 11) is 1.57. The lowest BCUT2D eigenvalue weighted by atomic mass is 10.0. The van der Waals surface area contributed by atoms with Crippen LogP contribution in [0, 0.1) is 5.41 Å². The van der Waals surface area contributed by atoms with Crippen molar-refractivity contribution in [1.82, 2.24) is 15.3 Å². The Morgan fingerprint density at radius 2 is 1.78 bits per heavy atom. The number of ether oxygens (including phenoxy) is 2. The number of hydrogen-bond acceptors (Lipinski definition) is 7. The number of methoxy groups -OCH3 is 1. The molecule has 0 aliphatic heterocycles. The number of carbonyl (C=O) groups is 2. The van der Waals surface area contributed by atoms with E-state index < -0.39 is 12.0 Å². The summed E-state index contributed by atoms with van der Waals surface area (Å²) in [6.45, 7) is 1.92. The molecule has 1 amide bonds. The van der Waals surface area contributed by atoms with Gasteiger partial charge in [0.1, 0.15) is 18.5 Å². The number of nitrogens with zero attached hydrogens (tertiary/aromatic N) is 1. The Balaban J connectivity index is 0.00000108. The van der Waals surface area contributed by atoms with Gasteiger partial charge < -0.3 is 35.9 Å². The van der Waals surface area contributed by atoms with Crippen LogP contribution in [-0.2, 0) is 22.6 Å². The summed E-state index contributed by atoms with van der Waals surface area (Å²) >= 11 is 0. The fraction of sp³-hybridized carbons (Fsp3) is 0.200. The van der Waals surface area contributed by atoms with Crippen molar-refractivity contribution in [3.05, 3.63) is 108 Å². The van der Waals surface area contributed by atoms with E-state index in [2.05, 4.69) is 20.6 Å². The number of rotatable bonds is 12. The van der Waals surface area contributed by atoms with Gasteiger partial charge in [-0.3, -0.25) is 15.0 Å². The van der Waals surface area contributed by atoms with Gasteiger partial charge >= 0.3 is 0 Å². The quantitative estimate of drug-likeness (QED) is 0.112. The van der Waals surface area contributed by atoms with Crippen LogP contribution in [-0.4, -0.2) is 46.4 Å². The number of aromatic nitrogens is 2. The predicted octanol–water partition coefficient (Wildman–Crippen LogP) is 3.88. The zero-order chi connectivity index (χ0) is 29.6. The lowest BCUT2D eigenvalue weighted by molar-refractivity contribution is -0.134. The number of carbonyl (C=O) groups excluding carboxylic acids is 1. The molecule has 1 heterocycles. The van der Waals surface area contributed by atoms with Crippen LogP contribution in [0.1, 0.15) is 35.3 Å². The molecule has 4 aromatic rings. The Bertz CT molecular complexity index is 1410. The number of nitrogens with two attached hydrogens (primary N) is 1. The molecule has 1 unspecified atom stereocenters. The van der Waals surface area contributed by atoms with Gasteiger partial charge in [0.05, 0.1) is 13.4 Å². The summed E-state index contributed by atoms with van der Waals surface area (Å²) in [6, 6.07) is 21.7. The third kappa shape index (κ3) is 9.74. The summed E-state index contributed by atoms with van der Waals surface area (Å²) in [5, 5.41) is 21.3. The van der Waals surface area contributed by atoms with Crippen LogP contribution in [0.3, 0.4) is 0 Å². The van der Waals surface area contributed by atoms with E-state index in [0.717, 1.165) is 18.2 Å². The molecule has 41 heavy (non-hydrogen) atoms. The Morgan fingerprint density at radius 1 is 1.07 bits per heavy atom. The number of nitrogens with one attached hydrogen (secondary N) is 4. The van der Waals surface area contributed by atoms with Gasteiger partial charge in [-0.1, -0.05) is 36.4 Å². The van der Waals surface area contributed by atoms with E-state index in [1.54, 1.807) is 50.0 Å². The Labute approximate surface area is 238 Å². The van der Waals surface area contributed by atoms with E-state index in [-0.39, 0.29) is 11.7 Å². The summed E-state index contributed by atoms with van der Waals surface area (Å²) < 4.78 is 11.6. The number of imidazole rings is 1.